The average Bonchev–Trinajstić information content (AvgIpc) is 3.59. The quantitative estimate of drug-likeness (QED) is 0.425. The van der Waals surface area contributed by atoms with Gasteiger partial charge in [0, 0.05) is 12.7 Å². The lowest BCUT2D eigenvalue weighted by molar-refractivity contribution is 0.108. The molecule has 9 heteroatoms. The normalized spacial score (nSPS) is 18.4. The smallest absolute Gasteiger partial charge is 0.278 e. The van der Waals surface area contributed by atoms with E-state index in [2.05, 4.69) is 15.3 Å². The molecular formula is C24H22N6O3. The van der Waals surface area contributed by atoms with Gasteiger partial charge in [-0.1, -0.05) is 23.4 Å². The van der Waals surface area contributed by atoms with Gasteiger partial charge in [0.2, 0.25) is 0 Å². The van der Waals surface area contributed by atoms with Crippen LogP contribution in [0, 0.1) is 0 Å². The molecule has 0 bridgehead atoms. The minimum absolute atomic E-state index is 0.0448. The van der Waals surface area contributed by atoms with Gasteiger partial charge in [-0.3, -0.25) is 13.8 Å². The van der Waals surface area contributed by atoms with Gasteiger partial charge in [-0.2, -0.15) is 0 Å². The number of aromatic nitrogens is 6. The number of methoxy groups -OCH3 is 1. The van der Waals surface area contributed by atoms with Gasteiger partial charge in [0.05, 0.1) is 42.2 Å². The summed E-state index contributed by atoms with van der Waals surface area (Å²) < 4.78 is 16.6. The van der Waals surface area contributed by atoms with E-state index in [1.165, 1.54) is 0 Å². The number of imidazole rings is 1. The molecule has 4 heterocycles. The minimum Gasteiger partial charge on any atom is -0.497 e. The van der Waals surface area contributed by atoms with Gasteiger partial charge in [0.25, 0.3) is 5.56 Å². The van der Waals surface area contributed by atoms with Crippen molar-refractivity contribution in [2.75, 3.05) is 13.7 Å². The second kappa shape index (κ2) is 7.56. The Morgan fingerprint density at radius 3 is 2.76 bits per heavy atom. The highest BCUT2D eigenvalue weighted by Gasteiger charge is 2.30. The van der Waals surface area contributed by atoms with Gasteiger partial charge >= 0.3 is 0 Å². The first-order valence-corrected chi connectivity index (χ1v) is 10.8. The summed E-state index contributed by atoms with van der Waals surface area (Å²) in [4.78, 5) is 18.6. The molecule has 1 fully saturated rings. The number of fused-ring (bicyclic) bond motifs is 3. The molecule has 3 aromatic heterocycles. The van der Waals surface area contributed by atoms with Crippen molar-refractivity contribution in [1.29, 1.82) is 0 Å². The van der Waals surface area contributed by atoms with Gasteiger partial charge in [-0.25, -0.2) is 9.67 Å². The molecule has 1 aliphatic heterocycles. The van der Waals surface area contributed by atoms with Gasteiger partial charge < -0.3 is 9.47 Å². The fourth-order valence-electron chi connectivity index (χ4n) is 4.74. The first kappa shape index (κ1) is 19.7. The topological polar surface area (TPSA) is 88.5 Å². The summed E-state index contributed by atoms with van der Waals surface area (Å²) in [6.45, 7) is 2.65. The van der Waals surface area contributed by atoms with E-state index in [0.29, 0.717) is 29.3 Å². The maximum atomic E-state index is 14.0. The van der Waals surface area contributed by atoms with Crippen molar-refractivity contribution in [1.82, 2.24) is 28.9 Å². The van der Waals surface area contributed by atoms with Gasteiger partial charge in [-0.15, -0.1) is 5.10 Å². The molecule has 0 amide bonds. The highest BCUT2D eigenvalue weighted by Crippen LogP contribution is 2.31. The number of para-hydroxylation sites is 2. The molecule has 2 atom stereocenters. The first-order chi connectivity index (χ1) is 16.2. The molecule has 9 nitrogen and oxygen atoms in total. The third kappa shape index (κ3) is 2.96. The van der Waals surface area contributed by atoms with E-state index in [4.69, 9.17) is 9.47 Å². The molecule has 2 aromatic carbocycles. The monoisotopic (exact) mass is 442 g/mol. The number of rotatable bonds is 4. The zero-order valence-electron chi connectivity index (χ0n) is 18.3. The Bertz CT molecular complexity index is 1550. The number of nitrogens with zero attached hydrogens (tertiary/aromatic N) is 6. The van der Waals surface area contributed by atoms with Crippen LogP contribution in [-0.2, 0) is 4.74 Å². The van der Waals surface area contributed by atoms with Crippen molar-refractivity contribution in [2.45, 2.75) is 25.5 Å². The fraction of sp³-hybridized carbons (Fsp3) is 0.250. The summed E-state index contributed by atoms with van der Waals surface area (Å²) in [6.07, 6.45) is 4.05. The van der Waals surface area contributed by atoms with Crippen LogP contribution in [0.5, 0.6) is 5.75 Å². The second-order valence-corrected chi connectivity index (χ2v) is 8.14. The predicted molar refractivity (Wildman–Crippen MR) is 123 cm³/mol. The third-order valence-corrected chi connectivity index (χ3v) is 6.35. The van der Waals surface area contributed by atoms with E-state index in [-0.39, 0.29) is 17.7 Å². The Hall–Kier alpha value is -3.98. The minimum atomic E-state index is -0.109. The van der Waals surface area contributed by atoms with Crippen LogP contribution in [-0.4, -0.2) is 48.8 Å². The van der Waals surface area contributed by atoms with Crippen LogP contribution in [0.2, 0.25) is 0 Å². The van der Waals surface area contributed by atoms with Crippen molar-refractivity contribution >= 4 is 16.6 Å². The molecule has 5 aromatic rings. The van der Waals surface area contributed by atoms with Crippen molar-refractivity contribution in [3.05, 3.63) is 71.4 Å². The average molecular weight is 442 g/mol. The summed E-state index contributed by atoms with van der Waals surface area (Å²) in [6, 6.07) is 15.4. The van der Waals surface area contributed by atoms with E-state index in [1.807, 2.05) is 64.4 Å². The van der Waals surface area contributed by atoms with Crippen LogP contribution < -0.4 is 10.3 Å². The highest BCUT2D eigenvalue weighted by atomic mass is 16.5. The van der Waals surface area contributed by atoms with Gasteiger partial charge in [0.1, 0.15) is 29.0 Å². The molecule has 1 saturated heterocycles. The molecule has 0 aliphatic carbocycles. The summed E-state index contributed by atoms with van der Waals surface area (Å²) in [5, 5.41) is 8.38. The largest absolute Gasteiger partial charge is 0.497 e. The van der Waals surface area contributed by atoms with E-state index in [1.54, 1.807) is 24.3 Å². The number of hydrogen-bond donors (Lipinski definition) is 0. The molecule has 0 spiro atoms. The van der Waals surface area contributed by atoms with Crippen LogP contribution in [0.1, 0.15) is 19.4 Å². The van der Waals surface area contributed by atoms with E-state index >= 15 is 0 Å². The lowest BCUT2D eigenvalue weighted by atomic mass is 10.1. The van der Waals surface area contributed by atoms with Crippen molar-refractivity contribution < 1.29 is 9.47 Å². The first-order valence-electron chi connectivity index (χ1n) is 10.8. The van der Waals surface area contributed by atoms with Crippen LogP contribution in [0.4, 0.5) is 0 Å². The van der Waals surface area contributed by atoms with Gasteiger partial charge in [-0.05, 0) is 37.6 Å². The van der Waals surface area contributed by atoms with E-state index in [9.17, 15) is 4.79 Å². The SMILES string of the molecule is COc1cccc(-n2nncc2-c2ncn3c2c(=O)n(C2CCOC2C)c2ccccc23)c1. The zero-order chi connectivity index (χ0) is 22.5. The summed E-state index contributed by atoms with van der Waals surface area (Å²) >= 11 is 0. The van der Waals surface area contributed by atoms with E-state index < -0.39 is 0 Å². The highest BCUT2D eigenvalue weighted by molar-refractivity contribution is 5.84. The Morgan fingerprint density at radius 2 is 1.97 bits per heavy atom. The third-order valence-electron chi connectivity index (χ3n) is 6.35. The number of hydrogen-bond acceptors (Lipinski definition) is 6. The molecule has 6 rings (SSSR count). The number of ether oxygens (including phenoxy) is 2. The molecular weight excluding hydrogens is 420 g/mol. The molecule has 1 aliphatic rings. The lowest BCUT2D eigenvalue weighted by Crippen LogP contribution is -2.30. The van der Waals surface area contributed by atoms with Gasteiger partial charge in [0.15, 0.2) is 0 Å². The van der Waals surface area contributed by atoms with Crippen molar-refractivity contribution in [3.63, 3.8) is 0 Å². The molecule has 166 valence electrons. The zero-order valence-corrected chi connectivity index (χ0v) is 18.3. The Kier molecular flexibility index (Phi) is 4.51. The lowest BCUT2D eigenvalue weighted by Gasteiger charge is -2.21. The Morgan fingerprint density at radius 1 is 1.12 bits per heavy atom. The van der Waals surface area contributed by atoms with Crippen molar-refractivity contribution in [3.8, 4) is 22.8 Å². The predicted octanol–water partition coefficient (Wildman–Crippen LogP) is 3.26. The van der Waals surface area contributed by atoms with E-state index in [0.717, 1.165) is 23.1 Å². The number of benzene rings is 2. The van der Waals surface area contributed by atoms with Crippen LogP contribution in [0.15, 0.2) is 65.8 Å². The van der Waals surface area contributed by atoms with Crippen molar-refractivity contribution in [2.24, 2.45) is 0 Å². The maximum Gasteiger partial charge on any atom is 0.278 e. The second-order valence-electron chi connectivity index (χ2n) is 8.14. The molecule has 0 saturated carbocycles. The van der Waals surface area contributed by atoms with Crippen LogP contribution in [0.3, 0.4) is 0 Å². The molecule has 0 radical (unpaired) electrons. The Balaban J connectivity index is 1.64. The standard InChI is InChI=1S/C24H22N6O3/c1-15-18(10-11-33-15)29-20-9-4-3-8-19(20)28-14-25-22(23(28)24(29)31)21-13-26-27-30(21)16-6-5-7-17(12-16)32-2/h3-9,12-15,18H,10-11H2,1-2H3. The summed E-state index contributed by atoms with van der Waals surface area (Å²) in [7, 11) is 1.62. The summed E-state index contributed by atoms with van der Waals surface area (Å²) in [5.41, 5.74) is 4.06. The molecule has 33 heavy (non-hydrogen) atoms. The maximum absolute atomic E-state index is 14.0. The molecule has 0 N–H and O–H groups in total. The molecule has 2 unspecified atom stereocenters. The summed E-state index contributed by atoms with van der Waals surface area (Å²) in [5.74, 6) is 0.701. The Labute approximate surface area is 188 Å². The fourth-order valence-corrected chi connectivity index (χ4v) is 4.74. The van der Waals surface area contributed by atoms with Crippen LogP contribution in [0.25, 0.3) is 33.6 Å². The van der Waals surface area contributed by atoms with Crippen LogP contribution >= 0.6 is 0 Å².